The first-order valence-electron chi connectivity index (χ1n) is 4.42. The molecule has 0 bridgehead atoms. The summed E-state index contributed by atoms with van der Waals surface area (Å²) in [6, 6.07) is 4.92. The van der Waals surface area contributed by atoms with E-state index in [1.165, 1.54) is 16.8 Å². The van der Waals surface area contributed by atoms with E-state index in [-0.39, 0.29) is 0 Å². The molecule has 0 saturated heterocycles. The maximum Gasteiger partial charge on any atom is 0.334 e. The van der Waals surface area contributed by atoms with E-state index in [0.717, 1.165) is 5.56 Å². The minimum Gasteiger partial charge on any atom is -0.274 e. The second-order valence-corrected chi connectivity index (χ2v) is 3.12. The van der Waals surface area contributed by atoms with Crippen LogP contribution in [-0.4, -0.2) is 14.5 Å². The Kier molecular flexibility index (Phi) is 2.21. The predicted octanol–water partition coefficient (Wildman–Crippen LogP) is 0.229. The Morgan fingerprint density at radius 1 is 1.33 bits per heavy atom. The summed E-state index contributed by atoms with van der Waals surface area (Å²) < 4.78 is 1.30. The molecule has 0 atom stereocenters. The van der Waals surface area contributed by atoms with Crippen molar-refractivity contribution in [3.63, 3.8) is 0 Å². The molecule has 0 unspecified atom stereocenters. The first-order valence-corrected chi connectivity index (χ1v) is 4.42. The number of nitrogens with one attached hydrogen (secondary N) is 1. The van der Waals surface area contributed by atoms with Gasteiger partial charge in [-0.05, 0) is 18.6 Å². The van der Waals surface area contributed by atoms with Crippen LogP contribution in [0.15, 0.2) is 40.2 Å². The standard InChI is InChI=1S/C10H9N3O2/c1-7-3-2-5-11-9(7)13-6-4-8(14)12-10(13)15/h2-6H,1H3,(H,12,14,15). The van der Waals surface area contributed by atoms with Gasteiger partial charge < -0.3 is 0 Å². The Balaban J connectivity index is 2.70. The highest BCUT2D eigenvalue weighted by Crippen LogP contribution is 2.05. The molecule has 2 rings (SSSR count). The van der Waals surface area contributed by atoms with Crippen molar-refractivity contribution in [2.75, 3.05) is 0 Å². The lowest BCUT2D eigenvalue weighted by atomic mass is 10.3. The molecule has 2 aromatic heterocycles. The number of aromatic amines is 1. The molecule has 0 spiro atoms. The van der Waals surface area contributed by atoms with E-state index < -0.39 is 11.2 Å². The maximum atomic E-state index is 11.5. The van der Waals surface area contributed by atoms with Crippen molar-refractivity contribution in [2.45, 2.75) is 6.92 Å². The monoisotopic (exact) mass is 203 g/mol. The van der Waals surface area contributed by atoms with Crippen LogP contribution < -0.4 is 11.2 Å². The molecule has 2 aromatic rings. The highest BCUT2D eigenvalue weighted by Gasteiger charge is 2.03. The molecule has 0 fully saturated rings. The number of hydrogen-bond donors (Lipinski definition) is 1. The predicted molar refractivity (Wildman–Crippen MR) is 55.2 cm³/mol. The molecule has 5 heteroatoms. The molecule has 0 aliphatic rings. The van der Waals surface area contributed by atoms with Crippen molar-refractivity contribution in [3.8, 4) is 5.82 Å². The molecule has 0 aromatic carbocycles. The smallest absolute Gasteiger partial charge is 0.274 e. The van der Waals surface area contributed by atoms with Gasteiger partial charge in [-0.2, -0.15) is 0 Å². The van der Waals surface area contributed by atoms with Gasteiger partial charge in [-0.15, -0.1) is 0 Å². The third kappa shape index (κ3) is 1.71. The molecular formula is C10H9N3O2. The van der Waals surface area contributed by atoms with Gasteiger partial charge in [0.15, 0.2) is 0 Å². The van der Waals surface area contributed by atoms with Gasteiger partial charge in [0.25, 0.3) is 5.56 Å². The van der Waals surface area contributed by atoms with Crippen molar-refractivity contribution >= 4 is 0 Å². The van der Waals surface area contributed by atoms with E-state index in [9.17, 15) is 9.59 Å². The van der Waals surface area contributed by atoms with Crippen LogP contribution in [0.4, 0.5) is 0 Å². The lowest BCUT2D eigenvalue weighted by Crippen LogP contribution is -2.28. The first kappa shape index (κ1) is 9.39. The van der Waals surface area contributed by atoms with Crippen LogP contribution in [0.25, 0.3) is 5.82 Å². The summed E-state index contributed by atoms with van der Waals surface area (Å²) in [6.07, 6.45) is 3.01. The summed E-state index contributed by atoms with van der Waals surface area (Å²) >= 11 is 0. The number of pyridine rings is 1. The SMILES string of the molecule is Cc1cccnc1-n1ccc(=O)[nH]c1=O. The van der Waals surface area contributed by atoms with Crippen molar-refractivity contribution in [2.24, 2.45) is 0 Å². The normalized spacial score (nSPS) is 10.2. The van der Waals surface area contributed by atoms with Crippen LogP contribution in [0.5, 0.6) is 0 Å². The fourth-order valence-electron chi connectivity index (χ4n) is 1.31. The second-order valence-electron chi connectivity index (χ2n) is 3.12. The van der Waals surface area contributed by atoms with Crippen molar-refractivity contribution in [1.82, 2.24) is 14.5 Å². The van der Waals surface area contributed by atoms with Crippen molar-refractivity contribution in [1.29, 1.82) is 0 Å². The van der Waals surface area contributed by atoms with E-state index in [0.29, 0.717) is 5.82 Å². The summed E-state index contributed by atoms with van der Waals surface area (Å²) in [5.41, 5.74) is -0.0271. The third-order valence-electron chi connectivity index (χ3n) is 2.03. The number of aromatic nitrogens is 3. The molecule has 0 saturated carbocycles. The Hall–Kier alpha value is -2.17. The zero-order chi connectivity index (χ0) is 10.8. The van der Waals surface area contributed by atoms with Gasteiger partial charge in [0.1, 0.15) is 5.82 Å². The van der Waals surface area contributed by atoms with Crippen LogP contribution >= 0.6 is 0 Å². The number of H-pyrrole nitrogens is 1. The molecular weight excluding hydrogens is 194 g/mol. The van der Waals surface area contributed by atoms with Gasteiger partial charge in [-0.25, -0.2) is 9.78 Å². The number of aryl methyl sites for hydroxylation is 1. The van der Waals surface area contributed by atoms with E-state index in [2.05, 4.69) is 9.97 Å². The average molecular weight is 203 g/mol. The summed E-state index contributed by atoms with van der Waals surface area (Å²) in [5, 5.41) is 0. The van der Waals surface area contributed by atoms with Crippen LogP contribution in [-0.2, 0) is 0 Å². The summed E-state index contributed by atoms with van der Waals surface area (Å²) in [6.45, 7) is 1.85. The minimum atomic E-state index is -0.482. The Labute approximate surface area is 85.0 Å². The van der Waals surface area contributed by atoms with Crippen molar-refractivity contribution < 1.29 is 0 Å². The topological polar surface area (TPSA) is 67.8 Å². The summed E-state index contributed by atoms with van der Waals surface area (Å²) in [4.78, 5) is 28.6. The van der Waals surface area contributed by atoms with Gasteiger partial charge in [0.2, 0.25) is 0 Å². The molecule has 1 N–H and O–H groups in total. The average Bonchev–Trinajstić information content (AvgIpc) is 2.20. The van der Waals surface area contributed by atoms with E-state index in [1.807, 2.05) is 13.0 Å². The molecule has 15 heavy (non-hydrogen) atoms. The Morgan fingerprint density at radius 2 is 2.13 bits per heavy atom. The highest BCUT2D eigenvalue weighted by molar-refractivity contribution is 5.31. The number of hydrogen-bond acceptors (Lipinski definition) is 3. The minimum absolute atomic E-state index is 0.412. The number of nitrogens with zero attached hydrogens (tertiary/aromatic N) is 2. The van der Waals surface area contributed by atoms with Crippen LogP contribution in [0.2, 0.25) is 0 Å². The molecule has 0 amide bonds. The van der Waals surface area contributed by atoms with Crippen LogP contribution in [0, 0.1) is 6.92 Å². The summed E-state index contributed by atoms with van der Waals surface area (Å²) in [7, 11) is 0. The molecule has 76 valence electrons. The van der Waals surface area contributed by atoms with Crippen molar-refractivity contribution in [3.05, 3.63) is 57.0 Å². The molecule has 0 radical (unpaired) electrons. The molecule has 0 aliphatic heterocycles. The molecule has 5 nitrogen and oxygen atoms in total. The van der Waals surface area contributed by atoms with E-state index in [4.69, 9.17) is 0 Å². The van der Waals surface area contributed by atoms with Gasteiger partial charge in [0, 0.05) is 18.5 Å². The van der Waals surface area contributed by atoms with Crippen LogP contribution in [0.3, 0.4) is 0 Å². The quantitative estimate of drug-likeness (QED) is 0.721. The largest absolute Gasteiger partial charge is 0.334 e. The van der Waals surface area contributed by atoms with Gasteiger partial charge >= 0.3 is 5.69 Å². The number of rotatable bonds is 1. The zero-order valence-electron chi connectivity index (χ0n) is 8.10. The first-order chi connectivity index (χ1) is 7.18. The Morgan fingerprint density at radius 3 is 2.80 bits per heavy atom. The van der Waals surface area contributed by atoms with E-state index in [1.54, 1.807) is 12.3 Å². The molecule has 0 aliphatic carbocycles. The van der Waals surface area contributed by atoms with Gasteiger partial charge in [0.05, 0.1) is 0 Å². The highest BCUT2D eigenvalue weighted by atomic mass is 16.2. The van der Waals surface area contributed by atoms with Gasteiger partial charge in [-0.3, -0.25) is 14.3 Å². The molecule has 2 heterocycles. The van der Waals surface area contributed by atoms with E-state index >= 15 is 0 Å². The Bertz CT molecular complexity index is 598. The lowest BCUT2D eigenvalue weighted by Gasteiger charge is -2.05. The fourth-order valence-corrected chi connectivity index (χ4v) is 1.31. The lowest BCUT2D eigenvalue weighted by molar-refractivity contribution is 0.859. The summed E-state index contributed by atoms with van der Waals surface area (Å²) in [5.74, 6) is 0.527. The van der Waals surface area contributed by atoms with Gasteiger partial charge in [-0.1, -0.05) is 6.07 Å². The third-order valence-corrected chi connectivity index (χ3v) is 2.03. The maximum absolute atomic E-state index is 11.5. The zero-order valence-corrected chi connectivity index (χ0v) is 8.10. The van der Waals surface area contributed by atoms with Crippen LogP contribution in [0.1, 0.15) is 5.56 Å². The second kappa shape index (κ2) is 3.53. The fraction of sp³-hybridized carbons (Fsp3) is 0.100.